The lowest BCUT2D eigenvalue weighted by Crippen LogP contribution is -2.43. The third-order valence-electron chi connectivity index (χ3n) is 7.03. The van der Waals surface area contributed by atoms with Crippen molar-refractivity contribution in [1.29, 1.82) is 0 Å². The first-order valence-corrected chi connectivity index (χ1v) is 12.1. The Labute approximate surface area is 199 Å². The molecular formula is C29H30N2O3. The Bertz CT molecular complexity index is 1340. The lowest BCUT2D eigenvalue weighted by atomic mass is 9.94. The van der Waals surface area contributed by atoms with Crippen molar-refractivity contribution in [3.05, 3.63) is 83.6 Å². The summed E-state index contributed by atoms with van der Waals surface area (Å²) in [5.41, 5.74) is 2.70. The quantitative estimate of drug-likeness (QED) is 0.391. The second-order valence-electron chi connectivity index (χ2n) is 9.14. The van der Waals surface area contributed by atoms with Crippen LogP contribution in [0.5, 0.6) is 0 Å². The molecule has 174 valence electrons. The Balaban J connectivity index is 1.25. The van der Waals surface area contributed by atoms with E-state index in [1.807, 2.05) is 77.5 Å². The number of fused-ring (bicyclic) bond motifs is 2. The smallest absolute Gasteiger partial charge is 0.254 e. The number of piperidine rings is 1. The summed E-state index contributed by atoms with van der Waals surface area (Å²) in [6.07, 6.45) is 2.17. The number of likely N-dealkylation sites (tertiary alicyclic amines) is 1. The number of furan rings is 1. The molecule has 1 aliphatic heterocycles. The van der Waals surface area contributed by atoms with Gasteiger partial charge in [-0.25, -0.2) is 0 Å². The molecule has 5 nitrogen and oxygen atoms in total. The Morgan fingerprint density at radius 1 is 0.941 bits per heavy atom. The summed E-state index contributed by atoms with van der Waals surface area (Å²) in [4.78, 5) is 30.2. The maximum atomic E-state index is 13.3. The predicted molar refractivity (Wildman–Crippen MR) is 135 cm³/mol. The molecule has 5 rings (SSSR count). The molecule has 2 heterocycles. The summed E-state index contributed by atoms with van der Waals surface area (Å²) in [6.45, 7) is 3.81. The van der Waals surface area contributed by atoms with Gasteiger partial charge in [-0.15, -0.1) is 0 Å². The molecule has 0 aliphatic carbocycles. The molecule has 0 N–H and O–H groups in total. The Hall–Kier alpha value is -3.60. The zero-order valence-electron chi connectivity index (χ0n) is 19.8. The summed E-state index contributed by atoms with van der Waals surface area (Å²) in [6, 6.07) is 21.8. The first-order valence-electron chi connectivity index (χ1n) is 12.1. The van der Waals surface area contributed by atoms with Crippen LogP contribution in [0, 0.1) is 5.92 Å². The topological polar surface area (TPSA) is 53.8 Å². The number of nitrogens with zero attached hydrogens (tertiary/aromatic N) is 2. The lowest BCUT2D eigenvalue weighted by Gasteiger charge is -2.33. The van der Waals surface area contributed by atoms with Crippen molar-refractivity contribution in [2.24, 2.45) is 5.92 Å². The van der Waals surface area contributed by atoms with E-state index in [4.69, 9.17) is 4.42 Å². The van der Waals surface area contributed by atoms with Gasteiger partial charge in [0.05, 0.1) is 0 Å². The van der Waals surface area contributed by atoms with Crippen molar-refractivity contribution < 1.29 is 14.0 Å². The van der Waals surface area contributed by atoms with Crippen LogP contribution >= 0.6 is 0 Å². The van der Waals surface area contributed by atoms with Crippen LogP contribution in [-0.2, 0) is 17.8 Å². The average Bonchev–Trinajstić information content (AvgIpc) is 3.25. The third kappa shape index (κ3) is 4.07. The van der Waals surface area contributed by atoms with E-state index in [1.54, 1.807) is 0 Å². The minimum atomic E-state index is -0.0650. The monoisotopic (exact) mass is 454 g/mol. The van der Waals surface area contributed by atoms with Gasteiger partial charge < -0.3 is 14.2 Å². The Kier molecular flexibility index (Phi) is 6.10. The van der Waals surface area contributed by atoms with Gasteiger partial charge in [0.15, 0.2) is 0 Å². The van der Waals surface area contributed by atoms with Crippen LogP contribution in [0.25, 0.3) is 21.7 Å². The second kappa shape index (κ2) is 9.34. The largest absolute Gasteiger partial charge is 0.461 e. The Morgan fingerprint density at radius 2 is 1.62 bits per heavy atom. The van der Waals surface area contributed by atoms with E-state index >= 15 is 0 Å². The number of aryl methyl sites for hydroxylation is 1. The van der Waals surface area contributed by atoms with Crippen LogP contribution in [-0.4, -0.2) is 41.8 Å². The highest BCUT2D eigenvalue weighted by Gasteiger charge is 2.30. The normalized spacial score (nSPS) is 14.6. The zero-order chi connectivity index (χ0) is 23.7. The minimum Gasteiger partial charge on any atom is -0.461 e. The van der Waals surface area contributed by atoms with Gasteiger partial charge in [0.1, 0.15) is 11.3 Å². The van der Waals surface area contributed by atoms with Crippen LogP contribution in [0.2, 0.25) is 0 Å². The molecule has 34 heavy (non-hydrogen) atoms. The summed E-state index contributed by atoms with van der Waals surface area (Å²) in [5, 5.41) is 3.12. The van der Waals surface area contributed by atoms with E-state index in [2.05, 4.69) is 13.0 Å². The number of carbonyl (C=O) groups excluding carboxylic acids is 2. The van der Waals surface area contributed by atoms with E-state index < -0.39 is 0 Å². The van der Waals surface area contributed by atoms with E-state index in [9.17, 15) is 9.59 Å². The van der Waals surface area contributed by atoms with Crippen molar-refractivity contribution in [1.82, 2.24) is 9.80 Å². The minimum absolute atomic E-state index is 0.0495. The highest BCUT2D eigenvalue weighted by Crippen LogP contribution is 2.29. The molecule has 1 saturated heterocycles. The van der Waals surface area contributed by atoms with Crippen LogP contribution < -0.4 is 0 Å². The fraction of sp³-hybridized carbons (Fsp3) is 0.310. The predicted octanol–water partition coefficient (Wildman–Crippen LogP) is 5.66. The zero-order valence-corrected chi connectivity index (χ0v) is 19.8. The molecule has 4 aromatic rings. The molecule has 2 amide bonds. The number of benzene rings is 3. The summed E-state index contributed by atoms with van der Waals surface area (Å²) < 4.78 is 6.01. The van der Waals surface area contributed by atoms with Crippen LogP contribution in [0.3, 0.4) is 0 Å². The first-order chi connectivity index (χ1) is 16.6. The fourth-order valence-electron chi connectivity index (χ4n) is 5.15. The number of carbonyl (C=O) groups is 2. The van der Waals surface area contributed by atoms with E-state index in [0.717, 1.165) is 45.0 Å². The van der Waals surface area contributed by atoms with Gasteiger partial charge in [-0.05, 0) is 35.7 Å². The number of rotatable bonds is 5. The second-order valence-corrected chi connectivity index (χ2v) is 9.14. The van der Waals surface area contributed by atoms with Crippen molar-refractivity contribution >= 4 is 33.6 Å². The van der Waals surface area contributed by atoms with Crippen molar-refractivity contribution in [3.8, 4) is 0 Å². The first kappa shape index (κ1) is 22.2. The van der Waals surface area contributed by atoms with E-state index in [0.29, 0.717) is 32.5 Å². The highest BCUT2D eigenvalue weighted by atomic mass is 16.3. The standard InChI is InChI=1S/C29H30N2O3/c1-3-26-25(23-12-6-7-14-27(23)34-26)19-30(2)28(32)21-15-17-31(18-16-21)29(33)24-13-8-10-20-9-4-5-11-22(20)24/h4-14,21H,3,15-19H2,1-2H3. The molecule has 0 saturated carbocycles. The van der Waals surface area contributed by atoms with Gasteiger partial charge in [0, 0.05) is 55.5 Å². The molecule has 1 aromatic heterocycles. The van der Waals surface area contributed by atoms with Crippen LogP contribution in [0.15, 0.2) is 71.1 Å². The number of hydrogen-bond donors (Lipinski definition) is 0. The maximum Gasteiger partial charge on any atom is 0.254 e. The molecule has 1 fully saturated rings. The molecule has 3 aromatic carbocycles. The summed E-state index contributed by atoms with van der Waals surface area (Å²) >= 11 is 0. The third-order valence-corrected chi connectivity index (χ3v) is 7.03. The van der Waals surface area contributed by atoms with Crippen molar-refractivity contribution in [2.75, 3.05) is 20.1 Å². The molecule has 5 heteroatoms. The molecule has 0 spiro atoms. The number of para-hydroxylation sites is 1. The molecule has 0 unspecified atom stereocenters. The number of amides is 2. The molecule has 0 bridgehead atoms. The molecule has 0 radical (unpaired) electrons. The van der Waals surface area contributed by atoms with Crippen molar-refractivity contribution in [2.45, 2.75) is 32.7 Å². The van der Waals surface area contributed by atoms with Gasteiger partial charge >= 0.3 is 0 Å². The van der Waals surface area contributed by atoms with E-state index in [1.165, 1.54) is 0 Å². The van der Waals surface area contributed by atoms with Gasteiger partial charge in [-0.3, -0.25) is 9.59 Å². The van der Waals surface area contributed by atoms with Crippen molar-refractivity contribution in [3.63, 3.8) is 0 Å². The highest BCUT2D eigenvalue weighted by molar-refractivity contribution is 6.07. The van der Waals surface area contributed by atoms with Gasteiger partial charge in [-0.1, -0.05) is 61.5 Å². The fourth-order valence-corrected chi connectivity index (χ4v) is 5.15. The summed E-state index contributed by atoms with van der Waals surface area (Å²) in [7, 11) is 1.87. The average molecular weight is 455 g/mol. The van der Waals surface area contributed by atoms with Gasteiger partial charge in [0.2, 0.25) is 5.91 Å². The molecule has 0 atom stereocenters. The molecular weight excluding hydrogens is 424 g/mol. The van der Waals surface area contributed by atoms with Crippen LogP contribution in [0.4, 0.5) is 0 Å². The van der Waals surface area contributed by atoms with Gasteiger partial charge in [0.25, 0.3) is 5.91 Å². The SMILES string of the molecule is CCc1oc2ccccc2c1CN(C)C(=O)C1CCN(C(=O)c2cccc3ccccc23)CC1. The van der Waals surface area contributed by atoms with E-state index in [-0.39, 0.29) is 17.7 Å². The Morgan fingerprint density at radius 3 is 2.38 bits per heavy atom. The van der Waals surface area contributed by atoms with Gasteiger partial charge in [-0.2, -0.15) is 0 Å². The summed E-state index contributed by atoms with van der Waals surface area (Å²) in [5.74, 6) is 1.07. The number of hydrogen-bond acceptors (Lipinski definition) is 3. The molecule has 1 aliphatic rings. The lowest BCUT2D eigenvalue weighted by molar-refractivity contribution is -0.136. The maximum absolute atomic E-state index is 13.3. The van der Waals surface area contributed by atoms with Crippen LogP contribution in [0.1, 0.15) is 41.4 Å².